The second-order valence-electron chi connectivity index (χ2n) is 3.67. The number of pyridine rings is 1. The van der Waals surface area contributed by atoms with Crippen molar-refractivity contribution in [2.45, 2.75) is 0 Å². The van der Waals surface area contributed by atoms with Gasteiger partial charge in [-0.2, -0.15) is 0 Å². The standard InChI is InChI=1S/C11H7ClN4O4/c12-7-3-1-2-4-8(7)14-11-9(15(17)18)5-13-6-10(11)16(19)20/h1-6H,(H,13,14). The third-order valence-corrected chi connectivity index (χ3v) is 2.76. The van der Waals surface area contributed by atoms with Gasteiger partial charge in [-0.3, -0.25) is 25.2 Å². The van der Waals surface area contributed by atoms with E-state index >= 15 is 0 Å². The Morgan fingerprint density at radius 1 is 1.05 bits per heavy atom. The quantitative estimate of drug-likeness (QED) is 0.684. The SMILES string of the molecule is O=[N+]([O-])c1cncc([N+](=O)[O-])c1Nc1ccccc1Cl. The molecule has 0 spiro atoms. The molecule has 20 heavy (non-hydrogen) atoms. The van der Waals surface area contributed by atoms with Gasteiger partial charge in [0.15, 0.2) is 5.69 Å². The molecule has 1 aromatic heterocycles. The Bertz CT molecular complexity index is 660. The van der Waals surface area contributed by atoms with Gasteiger partial charge in [0.1, 0.15) is 12.4 Å². The normalized spacial score (nSPS) is 10.1. The number of nitrogens with one attached hydrogen (secondary N) is 1. The van der Waals surface area contributed by atoms with Crippen molar-refractivity contribution in [3.63, 3.8) is 0 Å². The van der Waals surface area contributed by atoms with E-state index in [1.165, 1.54) is 0 Å². The molecule has 0 bridgehead atoms. The monoisotopic (exact) mass is 294 g/mol. The van der Waals surface area contributed by atoms with E-state index in [0.717, 1.165) is 12.4 Å². The highest BCUT2D eigenvalue weighted by molar-refractivity contribution is 6.33. The van der Waals surface area contributed by atoms with Gasteiger partial charge in [0.2, 0.25) is 0 Å². The minimum absolute atomic E-state index is 0.261. The lowest BCUT2D eigenvalue weighted by molar-refractivity contribution is -0.392. The molecule has 0 aliphatic heterocycles. The van der Waals surface area contributed by atoms with Crippen LogP contribution in [0.4, 0.5) is 22.7 Å². The number of rotatable bonds is 4. The molecule has 102 valence electrons. The zero-order valence-corrected chi connectivity index (χ0v) is 10.6. The summed E-state index contributed by atoms with van der Waals surface area (Å²) < 4.78 is 0. The molecular formula is C11H7ClN4O4. The highest BCUT2D eigenvalue weighted by Crippen LogP contribution is 2.36. The van der Waals surface area contributed by atoms with E-state index in [1.807, 2.05) is 0 Å². The van der Waals surface area contributed by atoms with Gasteiger partial charge in [-0.25, -0.2) is 0 Å². The first-order valence-corrected chi connectivity index (χ1v) is 5.67. The lowest BCUT2D eigenvalue weighted by Crippen LogP contribution is -2.02. The van der Waals surface area contributed by atoms with Crippen LogP contribution in [-0.4, -0.2) is 14.8 Å². The highest BCUT2D eigenvalue weighted by atomic mass is 35.5. The van der Waals surface area contributed by atoms with Gasteiger partial charge in [0, 0.05) is 0 Å². The Morgan fingerprint density at radius 2 is 1.60 bits per heavy atom. The van der Waals surface area contributed by atoms with Gasteiger partial charge >= 0.3 is 11.4 Å². The van der Waals surface area contributed by atoms with Crippen LogP contribution in [0.2, 0.25) is 5.02 Å². The van der Waals surface area contributed by atoms with Gasteiger partial charge in [0.05, 0.1) is 20.6 Å². The average Bonchev–Trinajstić information content (AvgIpc) is 2.41. The molecule has 1 heterocycles. The number of aromatic nitrogens is 1. The van der Waals surface area contributed by atoms with E-state index in [1.54, 1.807) is 24.3 Å². The van der Waals surface area contributed by atoms with Crippen LogP contribution in [0.15, 0.2) is 36.7 Å². The second kappa shape index (κ2) is 5.49. The largest absolute Gasteiger partial charge is 0.343 e. The number of nitrogens with zero attached hydrogens (tertiary/aromatic N) is 3. The summed E-state index contributed by atoms with van der Waals surface area (Å²) >= 11 is 5.92. The highest BCUT2D eigenvalue weighted by Gasteiger charge is 2.26. The third-order valence-electron chi connectivity index (χ3n) is 2.43. The molecular weight excluding hydrogens is 288 g/mol. The maximum absolute atomic E-state index is 10.9. The summed E-state index contributed by atoms with van der Waals surface area (Å²) in [5, 5.41) is 24.8. The molecule has 0 aliphatic carbocycles. The molecule has 0 saturated heterocycles. The van der Waals surface area contributed by atoms with E-state index in [0.29, 0.717) is 5.69 Å². The fourth-order valence-electron chi connectivity index (χ4n) is 1.54. The number of hydrogen-bond acceptors (Lipinski definition) is 6. The van der Waals surface area contributed by atoms with E-state index in [9.17, 15) is 20.2 Å². The molecule has 0 atom stereocenters. The van der Waals surface area contributed by atoms with Gasteiger partial charge in [0.25, 0.3) is 0 Å². The molecule has 9 heteroatoms. The van der Waals surface area contributed by atoms with E-state index in [2.05, 4.69) is 10.3 Å². The molecule has 0 radical (unpaired) electrons. The Labute approximate surface area is 117 Å². The number of anilines is 2. The van der Waals surface area contributed by atoms with Gasteiger partial charge < -0.3 is 5.32 Å². The molecule has 0 aliphatic rings. The van der Waals surface area contributed by atoms with Crippen LogP contribution in [0, 0.1) is 20.2 Å². The fourth-order valence-corrected chi connectivity index (χ4v) is 1.72. The Kier molecular flexibility index (Phi) is 3.76. The van der Waals surface area contributed by atoms with Crippen LogP contribution in [0.5, 0.6) is 0 Å². The van der Waals surface area contributed by atoms with Crippen LogP contribution in [0.25, 0.3) is 0 Å². The van der Waals surface area contributed by atoms with E-state index < -0.39 is 21.2 Å². The molecule has 0 saturated carbocycles. The fraction of sp³-hybridized carbons (Fsp3) is 0. The van der Waals surface area contributed by atoms with Crippen molar-refractivity contribution in [1.82, 2.24) is 4.98 Å². The number of halogens is 1. The smallest absolute Gasteiger partial charge is 0.317 e. The van der Waals surface area contributed by atoms with Crippen molar-refractivity contribution < 1.29 is 9.85 Å². The first-order valence-electron chi connectivity index (χ1n) is 5.29. The van der Waals surface area contributed by atoms with Crippen molar-refractivity contribution in [2.24, 2.45) is 0 Å². The van der Waals surface area contributed by atoms with Crippen LogP contribution in [0.1, 0.15) is 0 Å². The number of nitro groups is 2. The molecule has 0 unspecified atom stereocenters. The predicted octanol–water partition coefficient (Wildman–Crippen LogP) is 3.30. The van der Waals surface area contributed by atoms with Crippen molar-refractivity contribution in [3.8, 4) is 0 Å². The van der Waals surface area contributed by atoms with Gasteiger partial charge in [-0.05, 0) is 12.1 Å². The summed E-state index contributed by atoms with van der Waals surface area (Å²) in [6, 6.07) is 6.43. The lowest BCUT2D eigenvalue weighted by atomic mass is 10.2. The molecule has 2 rings (SSSR count). The molecule has 1 aromatic carbocycles. The van der Waals surface area contributed by atoms with Crippen LogP contribution < -0.4 is 5.32 Å². The predicted molar refractivity (Wildman–Crippen MR) is 72.3 cm³/mol. The first-order chi connectivity index (χ1) is 9.50. The molecule has 0 fully saturated rings. The Morgan fingerprint density at radius 3 is 2.10 bits per heavy atom. The molecule has 2 aromatic rings. The average molecular weight is 295 g/mol. The van der Waals surface area contributed by atoms with Crippen molar-refractivity contribution in [2.75, 3.05) is 5.32 Å². The minimum atomic E-state index is -0.751. The summed E-state index contributed by atoms with van der Waals surface area (Å²) in [5.41, 5.74) is -0.937. The lowest BCUT2D eigenvalue weighted by Gasteiger charge is -2.08. The second-order valence-corrected chi connectivity index (χ2v) is 4.08. The third kappa shape index (κ3) is 2.64. The van der Waals surface area contributed by atoms with Crippen LogP contribution in [0.3, 0.4) is 0 Å². The Hall–Kier alpha value is -2.74. The zero-order chi connectivity index (χ0) is 14.7. The summed E-state index contributed by atoms with van der Waals surface area (Å²) in [5.74, 6) is 0. The minimum Gasteiger partial charge on any atom is -0.343 e. The number of benzene rings is 1. The maximum Gasteiger partial charge on any atom is 0.317 e. The van der Waals surface area contributed by atoms with E-state index in [4.69, 9.17) is 11.6 Å². The first kappa shape index (κ1) is 13.7. The molecule has 0 amide bonds. The number of hydrogen-bond donors (Lipinski definition) is 1. The zero-order valence-electron chi connectivity index (χ0n) is 9.82. The summed E-state index contributed by atoms with van der Waals surface area (Å²) in [6.07, 6.45) is 1.87. The Balaban J connectivity index is 2.57. The van der Waals surface area contributed by atoms with Gasteiger partial charge in [-0.15, -0.1) is 0 Å². The maximum atomic E-state index is 10.9. The van der Waals surface area contributed by atoms with Crippen molar-refractivity contribution in [1.29, 1.82) is 0 Å². The summed E-state index contributed by atoms with van der Waals surface area (Å²) in [4.78, 5) is 23.9. The molecule has 8 nitrogen and oxygen atoms in total. The van der Waals surface area contributed by atoms with Gasteiger partial charge in [-0.1, -0.05) is 23.7 Å². The topological polar surface area (TPSA) is 111 Å². The summed E-state index contributed by atoms with van der Waals surface area (Å²) in [6.45, 7) is 0. The van der Waals surface area contributed by atoms with Crippen LogP contribution in [-0.2, 0) is 0 Å². The van der Waals surface area contributed by atoms with E-state index in [-0.39, 0.29) is 10.7 Å². The molecule has 1 N–H and O–H groups in total. The summed E-state index contributed by atoms with van der Waals surface area (Å²) in [7, 11) is 0. The number of para-hydroxylation sites is 1. The van der Waals surface area contributed by atoms with Crippen molar-refractivity contribution >= 4 is 34.4 Å². The van der Waals surface area contributed by atoms with Crippen molar-refractivity contribution in [3.05, 3.63) is 61.9 Å². The van der Waals surface area contributed by atoms with Crippen LogP contribution >= 0.6 is 11.6 Å².